The van der Waals surface area contributed by atoms with Crippen LogP contribution in [0.2, 0.25) is 0 Å². The van der Waals surface area contributed by atoms with Gasteiger partial charge in [0.05, 0.1) is 17.3 Å². The third kappa shape index (κ3) is 1.77. The topological polar surface area (TPSA) is 56.0 Å². The Morgan fingerprint density at radius 2 is 2.13 bits per heavy atom. The standard InChI is InChI=1S/C11H13FN2O/c12-9-7-14-6-3-8(9)10(15)11(13)4-1-2-5-11/h3,6-7H,1-2,4-5,13H2. The summed E-state index contributed by atoms with van der Waals surface area (Å²) in [6.45, 7) is 0. The van der Waals surface area contributed by atoms with Gasteiger partial charge in [-0.1, -0.05) is 12.8 Å². The average molecular weight is 208 g/mol. The molecule has 0 bridgehead atoms. The molecule has 1 aromatic heterocycles. The van der Waals surface area contributed by atoms with Gasteiger partial charge in [-0.2, -0.15) is 0 Å². The summed E-state index contributed by atoms with van der Waals surface area (Å²) in [6, 6.07) is 1.39. The lowest BCUT2D eigenvalue weighted by Gasteiger charge is -2.21. The van der Waals surface area contributed by atoms with E-state index in [1.54, 1.807) is 0 Å². The summed E-state index contributed by atoms with van der Waals surface area (Å²) in [5, 5.41) is 0. The molecular formula is C11H13FN2O. The molecule has 1 heterocycles. The monoisotopic (exact) mass is 208 g/mol. The maximum atomic E-state index is 13.3. The molecule has 2 N–H and O–H groups in total. The van der Waals surface area contributed by atoms with Crippen LogP contribution >= 0.6 is 0 Å². The summed E-state index contributed by atoms with van der Waals surface area (Å²) in [6.07, 6.45) is 5.63. The van der Waals surface area contributed by atoms with Crippen molar-refractivity contribution in [1.29, 1.82) is 0 Å². The van der Waals surface area contributed by atoms with Crippen molar-refractivity contribution in [1.82, 2.24) is 4.98 Å². The number of nitrogens with two attached hydrogens (primary N) is 1. The maximum Gasteiger partial charge on any atom is 0.185 e. The number of hydrogen-bond donors (Lipinski definition) is 1. The van der Waals surface area contributed by atoms with E-state index in [1.165, 1.54) is 12.3 Å². The SMILES string of the molecule is NC1(C(=O)c2ccncc2F)CCCC1. The molecule has 1 aromatic rings. The first-order valence-electron chi connectivity index (χ1n) is 5.07. The van der Waals surface area contributed by atoms with Crippen molar-refractivity contribution in [3.8, 4) is 0 Å². The third-order valence-corrected chi connectivity index (χ3v) is 2.97. The molecule has 1 aliphatic carbocycles. The van der Waals surface area contributed by atoms with Gasteiger partial charge in [0.15, 0.2) is 11.6 Å². The Labute approximate surface area is 87.5 Å². The van der Waals surface area contributed by atoms with Crippen molar-refractivity contribution in [2.24, 2.45) is 5.73 Å². The zero-order valence-corrected chi connectivity index (χ0v) is 8.37. The van der Waals surface area contributed by atoms with Crippen LogP contribution in [-0.2, 0) is 0 Å². The highest BCUT2D eigenvalue weighted by molar-refractivity contribution is 6.03. The van der Waals surface area contributed by atoms with Crippen molar-refractivity contribution >= 4 is 5.78 Å². The van der Waals surface area contributed by atoms with Crippen LogP contribution < -0.4 is 5.73 Å². The maximum absolute atomic E-state index is 13.3. The highest BCUT2D eigenvalue weighted by Crippen LogP contribution is 2.30. The van der Waals surface area contributed by atoms with Gasteiger partial charge in [0.1, 0.15) is 0 Å². The predicted octanol–water partition coefficient (Wildman–Crippen LogP) is 1.67. The van der Waals surface area contributed by atoms with Crippen molar-refractivity contribution in [3.05, 3.63) is 29.8 Å². The number of carbonyl (C=O) groups is 1. The third-order valence-electron chi connectivity index (χ3n) is 2.97. The van der Waals surface area contributed by atoms with Crippen LogP contribution in [0.15, 0.2) is 18.5 Å². The van der Waals surface area contributed by atoms with Crippen molar-refractivity contribution < 1.29 is 9.18 Å². The van der Waals surface area contributed by atoms with E-state index in [-0.39, 0.29) is 11.3 Å². The molecule has 1 fully saturated rings. The molecule has 4 heteroatoms. The van der Waals surface area contributed by atoms with Crippen LogP contribution in [0.25, 0.3) is 0 Å². The molecule has 0 atom stereocenters. The first-order chi connectivity index (χ1) is 7.13. The molecule has 1 saturated carbocycles. The zero-order valence-electron chi connectivity index (χ0n) is 8.37. The minimum absolute atomic E-state index is 0.0643. The van der Waals surface area contributed by atoms with Gasteiger partial charge < -0.3 is 5.73 Å². The largest absolute Gasteiger partial charge is 0.319 e. The Bertz CT molecular complexity index is 386. The molecule has 80 valence electrons. The fourth-order valence-electron chi connectivity index (χ4n) is 2.06. The fraction of sp³-hybridized carbons (Fsp3) is 0.455. The second-order valence-electron chi connectivity index (χ2n) is 4.05. The number of rotatable bonds is 2. The van der Waals surface area contributed by atoms with Gasteiger partial charge in [0, 0.05) is 6.20 Å². The van der Waals surface area contributed by atoms with Crippen LogP contribution in [0.4, 0.5) is 4.39 Å². The van der Waals surface area contributed by atoms with E-state index in [0.717, 1.165) is 19.0 Å². The quantitative estimate of drug-likeness (QED) is 0.752. The van der Waals surface area contributed by atoms with E-state index in [1.807, 2.05) is 0 Å². The molecule has 0 saturated heterocycles. The minimum atomic E-state index is -0.859. The summed E-state index contributed by atoms with van der Waals surface area (Å²) in [5.74, 6) is -0.876. The van der Waals surface area contributed by atoms with Crippen LogP contribution in [0.3, 0.4) is 0 Å². The van der Waals surface area contributed by atoms with Crippen molar-refractivity contribution in [3.63, 3.8) is 0 Å². The number of pyridine rings is 1. The van der Waals surface area contributed by atoms with Crippen molar-refractivity contribution in [2.45, 2.75) is 31.2 Å². The molecule has 0 radical (unpaired) electrons. The van der Waals surface area contributed by atoms with Gasteiger partial charge in [-0.15, -0.1) is 0 Å². The van der Waals surface area contributed by atoms with Gasteiger partial charge in [-0.25, -0.2) is 4.39 Å². The number of ketones is 1. The summed E-state index contributed by atoms with van der Waals surface area (Å²) in [4.78, 5) is 15.6. The lowest BCUT2D eigenvalue weighted by Crippen LogP contribution is -2.45. The number of hydrogen-bond acceptors (Lipinski definition) is 3. The number of halogens is 1. The smallest absolute Gasteiger partial charge is 0.185 e. The summed E-state index contributed by atoms with van der Waals surface area (Å²) < 4.78 is 13.3. The normalized spacial score (nSPS) is 19.1. The Morgan fingerprint density at radius 1 is 1.47 bits per heavy atom. The lowest BCUT2D eigenvalue weighted by molar-refractivity contribution is 0.0887. The van der Waals surface area contributed by atoms with Gasteiger partial charge in [0.25, 0.3) is 0 Å². The highest BCUT2D eigenvalue weighted by Gasteiger charge is 2.38. The summed E-state index contributed by atoms with van der Waals surface area (Å²) in [5.41, 5.74) is 5.17. The molecule has 0 amide bonds. The Balaban J connectivity index is 2.32. The van der Waals surface area contributed by atoms with Crippen LogP contribution in [0.1, 0.15) is 36.0 Å². The molecule has 0 spiro atoms. The van der Waals surface area contributed by atoms with E-state index in [2.05, 4.69) is 4.98 Å². The molecule has 0 aromatic carbocycles. The molecule has 1 aliphatic rings. The molecule has 2 rings (SSSR count). The molecule has 0 unspecified atom stereocenters. The van der Waals surface area contributed by atoms with Crippen molar-refractivity contribution in [2.75, 3.05) is 0 Å². The number of carbonyl (C=O) groups excluding carboxylic acids is 1. The van der Waals surface area contributed by atoms with E-state index in [4.69, 9.17) is 5.73 Å². The molecular weight excluding hydrogens is 195 g/mol. The molecule has 0 aliphatic heterocycles. The van der Waals surface area contributed by atoms with Gasteiger partial charge >= 0.3 is 0 Å². The fourth-order valence-corrected chi connectivity index (χ4v) is 2.06. The second kappa shape index (κ2) is 3.70. The number of nitrogens with zero attached hydrogens (tertiary/aromatic N) is 1. The van der Waals surface area contributed by atoms with Gasteiger partial charge in [0.2, 0.25) is 0 Å². The van der Waals surface area contributed by atoms with E-state index < -0.39 is 11.4 Å². The summed E-state index contributed by atoms with van der Waals surface area (Å²) in [7, 11) is 0. The van der Waals surface area contributed by atoms with Crippen LogP contribution in [-0.4, -0.2) is 16.3 Å². The predicted molar refractivity (Wildman–Crippen MR) is 53.9 cm³/mol. The number of aromatic nitrogens is 1. The molecule has 15 heavy (non-hydrogen) atoms. The summed E-state index contributed by atoms with van der Waals surface area (Å²) >= 11 is 0. The molecule has 3 nitrogen and oxygen atoms in total. The van der Waals surface area contributed by atoms with Gasteiger partial charge in [-0.3, -0.25) is 9.78 Å². The van der Waals surface area contributed by atoms with E-state index in [0.29, 0.717) is 12.8 Å². The minimum Gasteiger partial charge on any atom is -0.319 e. The van der Waals surface area contributed by atoms with E-state index >= 15 is 0 Å². The second-order valence-corrected chi connectivity index (χ2v) is 4.05. The number of Topliss-reactive ketones (excluding diaryl/α,β-unsaturated/α-hetero) is 1. The first kappa shape index (κ1) is 10.2. The van der Waals surface area contributed by atoms with Crippen LogP contribution in [0, 0.1) is 5.82 Å². The Hall–Kier alpha value is -1.29. The first-order valence-corrected chi connectivity index (χ1v) is 5.07. The zero-order chi connectivity index (χ0) is 10.9. The Morgan fingerprint density at radius 3 is 2.73 bits per heavy atom. The van der Waals surface area contributed by atoms with Gasteiger partial charge in [-0.05, 0) is 18.9 Å². The average Bonchev–Trinajstić information content (AvgIpc) is 2.66. The van der Waals surface area contributed by atoms with Crippen LogP contribution in [0.5, 0.6) is 0 Å². The lowest BCUT2D eigenvalue weighted by atomic mass is 9.89. The van der Waals surface area contributed by atoms with E-state index in [9.17, 15) is 9.18 Å². The Kier molecular flexibility index (Phi) is 2.52. The highest BCUT2D eigenvalue weighted by atomic mass is 19.1.